The van der Waals surface area contributed by atoms with Gasteiger partial charge in [-0.3, -0.25) is 9.69 Å². The van der Waals surface area contributed by atoms with Gasteiger partial charge >= 0.3 is 0 Å². The average Bonchev–Trinajstić information content (AvgIpc) is 2.72. The topological polar surface area (TPSA) is 36.0 Å². The van der Waals surface area contributed by atoms with E-state index < -0.39 is 0 Å². The molecule has 0 radical (unpaired) electrons. The van der Waals surface area contributed by atoms with E-state index in [4.69, 9.17) is 4.74 Å². The molecule has 5 nitrogen and oxygen atoms in total. The van der Waals surface area contributed by atoms with Crippen LogP contribution in [-0.2, 0) is 9.53 Å². The monoisotopic (exact) mass is 435 g/mol. The van der Waals surface area contributed by atoms with Crippen LogP contribution >= 0.6 is 15.9 Å². The number of nitrogens with zero attached hydrogens (tertiary/aromatic N) is 3. The molecule has 27 heavy (non-hydrogen) atoms. The second-order valence-corrected chi connectivity index (χ2v) is 8.15. The lowest BCUT2D eigenvalue weighted by Crippen LogP contribution is -2.55. The molecule has 1 amide bonds. The van der Waals surface area contributed by atoms with Gasteiger partial charge in [0.2, 0.25) is 5.91 Å². The van der Waals surface area contributed by atoms with Gasteiger partial charge in [-0.15, -0.1) is 0 Å². The zero-order valence-electron chi connectivity index (χ0n) is 16.1. The summed E-state index contributed by atoms with van der Waals surface area (Å²) in [7, 11) is 0. The summed E-state index contributed by atoms with van der Waals surface area (Å²) in [5.41, 5.74) is 1.23. The van der Waals surface area contributed by atoms with Gasteiger partial charge in [-0.2, -0.15) is 0 Å². The van der Waals surface area contributed by atoms with Crippen LogP contribution in [0.15, 0.2) is 34.8 Å². The molecule has 1 unspecified atom stereocenters. The quantitative estimate of drug-likeness (QED) is 0.687. The number of morpholine rings is 1. The molecular formula is C21H30BrN3O2. The van der Waals surface area contributed by atoms with Crippen LogP contribution < -0.4 is 0 Å². The van der Waals surface area contributed by atoms with Gasteiger partial charge < -0.3 is 14.5 Å². The number of ether oxygens (including phenoxy) is 1. The molecule has 3 rings (SSSR count). The predicted octanol–water partition coefficient (Wildman–Crippen LogP) is 2.72. The van der Waals surface area contributed by atoms with Gasteiger partial charge in [-0.1, -0.05) is 40.2 Å². The van der Waals surface area contributed by atoms with Gasteiger partial charge in [0.1, 0.15) is 0 Å². The van der Waals surface area contributed by atoms with Gasteiger partial charge in [0.05, 0.1) is 19.3 Å². The van der Waals surface area contributed by atoms with Crippen molar-refractivity contribution in [3.05, 3.63) is 40.4 Å². The average molecular weight is 436 g/mol. The van der Waals surface area contributed by atoms with Crippen LogP contribution in [0.4, 0.5) is 0 Å². The molecular weight excluding hydrogens is 406 g/mol. The fourth-order valence-electron chi connectivity index (χ4n) is 3.63. The lowest BCUT2D eigenvalue weighted by molar-refractivity contribution is -0.141. The Balaban J connectivity index is 1.37. The Hall–Kier alpha value is -1.21. The molecule has 2 fully saturated rings. The molecule has 6 heteroatoms. The van der Waals surface area contributed by atoms with Crippen molar-refractivity contribution in [2.75, 3.05) is 59.0 Å². The standard InChI is InChI=1S/C21H30BrN3O2/c1-18(21(26)25-14-16-27-17-15-25)24-12-10-23(11-13-24)9-3-2-4-19-5-7-20(22)8-6-19/h2,4-8,18H,3,9-17H2,1H3/b4-2+. The van der Waals surface area contributed by atoms with Gasteiger partial charge in [-0.05, 0) is 31.0 Å². The van der Waals surface area contributed by atoms with Crippen LogP contribution in [-0.4, -0.2) is 85.7 Å². The number of carbonyl (C=O) groups is 1. The summed E-state index contributed by atoms with van der Waals surface area (Å²) in [6, 6.07) is 8.34. The zero-order chi connectivity index (χ0) is 19.1. The van der Waals surface area contributed by atoms with Crippen molar-refractivity contribution in [3.8, 4) is 0 Å². The predicted molar refractivity (Wildman–Crippen MR) is 113 cm³/mol. The summed E-state index contributed by atoms with van der Waals surface area (Å²) in [6.45, 7) is 9.92. The summed E-state index contributed by atoms with van der Waals surface area (Å²) in [5.74, 6) is 0.254. The molecule has 2 aliphatic heterocycles. The highest BCUT2D eigenvalue weighted by atomic mass is 79.9. The van der Waals surface area contributed by atoms with Crippen LogP contribution in [0.1, 0.15) is 18.9 Å². The Labute approximate surface area is 171 Å². The summed E-state index contributed by atoms with van der Waals surface area (Å²) in [6.07, 6.45) is 5.49. The minimum Gasteiger partial charge on any atom is -0.378 e. The molecule has 2 aliphatic rings. The largest absolute Gasteiger partial charge is 0.378 e. The number of hydrogen-bond acceptors (Lipinski definition) is 4. The molecule has 148 valence electrons. The first-order chi connectivity index (χ1) is 13.1. The molecule has 1 aromatic rings. The summed E-state index contributed by atoms with van der Waals surface area (Å²) < 4.78 is 6.46. The second-order valence-electron chi connectivity index (χ2n) is 7.23. The Morgan fingerprint density at radius 1 is 1.11 bits per heavy atom. The summed E-state index contributed by atoms with van der Waals surface area (Å²) >= 11 is 3.46. The van der Waals surface area contributed by atoms with E-state index in [1.165, 1.54) is 5.56 Å². The van der Waals surface area contributed by atoms with Crippen molar-refractivity contribution >= 4 is 27.9 Å². The van der Waals surface area contributed by atoms with E-state index in [-0.39, 0.29) is 11.9 Å². The van der Waals surface area contributed by atoms with Crippen molar-refractivity contribution in [1.82, 2.24) is 14.7 Å². The molecule has 0 aromatic heterocycles. The van der Waals surface area contributed by atoms with Crippen LogP contribution in [0.5, 0.6) is 0 Å². The van der Waals surface area contributed by atoms with Crippen molar-refractivity contribution in [2.24, 2.45) is 0 Å². The Bertz CT molecular complexity index is 621. The first-order valence-electron chi connectivity index (χ1n) is 9.88. The van der Waals surface area contributed by atoms with Gasteiger partial charge in [0.15, 0.2) is 0 Å². The zero-order valence-corrected chi connectivity index (χ0v) is 17.7. The molecule has 1 atom stereocenters. The van der Waals surface area contributed by atoms with Crippen molar-refractivity contribution in [1.29, 1.82) is 0 Å². The SMILES string of the molecule is CC(C(=O)N1CCOCC1)N1CCN(CC/C=C/c2ccc(Br)cc2)CC1. The summed E-state index contributed by atoms with van der Waals surface area (Å²) in [4.78, 5) is 19.4. The van der Waals surface area contributed by atoms with Gasteiger partial charge in [0, 0.05) is 50.3 Å². The fourth-order valence-corrected chi connectivity index (χ4v) is 3.89. The minimum atomic E-state index is -0.0254. The first-order valence-corrected chi connectivity index (χ1v) is 10.7. The number of rotatable bonds is 6. The Morgan fingerprint density at radius 3 is 2.44 bits per heavy atom. The highest BCUT2D eigenvalue weighted by Crippen LogP contribution is 2.13. The van der Waals surface area contributed by atoms with E-state index >= 15 is 0 Å². The Morgan fingerprint density at radius 2 is 1.78 bits per heavy atom. The number of amides is 1. The van der Waals surface area contributed by atoms with Crippen LogP contribution in [0.2, 0.25) is 0 Å². The lowest BCUT2D eigenvalue weighted by Gasteiger charge is -2.39. The molecule has 0 spiro atoms. The Kier molecular flexibility index (Phi) is 7.88. The van der Waals surface area contributed by atoms with Crippen LogP contribution in [0.25, 0.3) is 6.08 Å². The third kappa shape index (κ3) is 6.14. The third-order valence-electron chi connectivity index (χ3n) is 5.43. The smallest absolute Gasteiger partial charge is 0.239 e. The van der Waals surface area contributed by atoms with Crippen molar-refractivity contribution in [3.63, 3.8) is 0 Å². The highest BCUT2D eigenvalue weighted by molar-refractivity contribution is 9.10. The minimum absolute atomic E-state index is 0.0254. The fraction of sp³-hybridized carbons (Fsp3) is 0.571. The lowest BCUT2D eigenvalue weighted by atomic mass is 10.1. The van der Waals surface area contributed by atoms with E-state index in [1.54, 1.807) is 0 Å². The molecule has 2 heterocycles. The van der Waals surface area contributed by atoms with Crippen molar-refractivity contribution in [2.45, 2.75) is 19.4 Å². The third-order valence-corrected chi connectivity index (χ3v) is 5.96. The maximum absolute atomic E-state index is 12.6. The van der Waals surface area contributed by atoms with Gasteiger partial charge in [0.25, 0.3) is 0 Å². The normalized spacial score (nSPS) is 20.9. The number of hydrogen-bond donors (Lipinski definition) is 0. The van der Waals surface area contributed by atoms with Gasteiger partial charge in [-0.25, -0.2) is 0 Å². The second kappa shape index (κ2) is 10.4. The molecule has 2 saturated heterocycles. The van der Waals surface area contributed by atoms with Crippen molar-refractivity contribution < 1.29 is 9.53 Å². The molecule has 0 saturated carbocycles. The maximum Gasteiger partial charge on any atom is 0.239 e. The van der Waals surface area contributed by atoms with Crippen LogP contribution in [0, 0.1) is 0 Å². The molecule has 0 aliphatic carbocycles. The number of piperazine rings is 1. The van der Waals surface area contributed by atoms with E-state index in [0.29, 0.717) is 13.2 Å². The molecule has 0 bridgehead atoms. The number of carbonyl (C=O) groups excluding carboxylic acids is 1. The molecule has 0 N–H and O–H groups in total. The van der Waals surface area contributed by atoms with E-state index in [9.17, 15) is 4.79 Å². The first kappa shape index (κ1) is 20.5. The highest BCUT2D eigenvalue weighted by Gasteiger charge is 2.29. The van der Waals surface area contributed by atoms with E-state index in [1.807, 2.05) is 4.90 Å². The van der Waals surface area contributed by atoms with Crippen LogP contribution in [0.3, 0.4) is 0 Å². The summed E-state index contributed by atoms with van der Waals surface area (Å²) in [5, 5.41) is 0. The number of benzene rings is 1. The van der Waals surface area contributed by atoms with E-state index in [0.717, 1.165) is 56.7 Å². The number of halogens is 1. The maximum atomic E-state index is 12.6. The molecule has 1 aromatic carbocycles. The van der Waals surface area contributed by atoms with E-state index in [2.05, 4.69) is 69.1 Å².